The molecule has 0 saturated heterocycles. The Hall–Kier alpha value is -11.3. The molecule has 0 aliphatic heterocycles. The van der Waals surface area contributed by atoms with E-state index in [0.29, 0.717) is 0 Å². The van der Waals surface area contributed by atoms with Gasteiger partial charge in [-0.15, -0.1) is 0 Å². The fourth-order valence-corrected chi connectivity index (χ4v) is 17.1. The van der Waals surface area contributed by atoms with Gasteiger partial charge < -0.3 is 8.83 Å². The maximum Gasteiger partial charge on any atom is 0.136 e. The van der Waals surface area contributed by atoms with Crippen molar-refractivity contribution in [2.45, 2.75) is 38.5 Å². The first-order chi connectivity index (χ1) is 45.1. The molecular weight excluding hydrogens is 1110 g/mol. The van der Waals surface area contributed by atoms with Crippen LogP contribution in [0.5, 0.6) is 0 Å². The highest BCUT2D eigenvalue weighted by Crippen LogP contribution is 2.57. The lowest BCUT2D eigenvalue weighted by atomic mass is 9.79. The minimum absolute atomic E-state index is 0.242. The number of hydrogen-bond donors (Lipinski definition) is 0. The molecule has 2 aromatic heterocycles. The van der Waals surface area contributed by atoms with Crippen molar-refractivity contribution < 1.29 is 8.83 Å². The van der Waals surface area contributed by atoms with Gasteiger partial charge in [0.05, 0.1) is 0 Å². The number of rotatable bonds is 5. The molecule has 2 heteroatoms. The zero-order valence-electron chi connectivity index (χ0n) is 51.4. The van der Waals surface area contributed by atoms with Gasteiger partial charge in [0.25, 0.3) is 0 Å². The lowest BCUT2D eigenvalue weighted by Gasteiger charge is -2.23. The molecule has 0 spiro atoms. The van der Waals surface area contributed by atoms with Crippen molar-refractivity contribution in [1.29, 1.82) is 0 Å². The van der Waals surface area contributed by atoms with Gasteiger partial charge in [0.15, 0.2) is 0 Å². The molecule has 0 amide bonds. The van der Waals surface area contributed by atoms with Crippen LogP contribution in [0, 0.1) is 0 Å². The van der Waals surface area contributed by atoms with Crippen LogP contribution in [0.25, 0.3) is 186 Å². The van der Waals surface area contributed by atoms with Crippen molar-refractivity contribution in [1.82, 2.24) is 0 Å². The third-order valence-electron chi connectivity index (χ3n) is 21.4. The molecule has 16 aromatic carbocycles. The van der Waals surface area contributed by atoms with Crippen LogP contribution >= 0.6 is 0 Å². The van der Waals surface area contributed by atoms with Gasteiger partial charge in [0, 0.05) is 32.4 Å². The fraction of sp³-hybridized carbons (Fsp3) is 0.0667. The minimum atomic E-state index is -0.242. The SMILES string of the molecule is CC1(C)c2cc(-c3c4ccccc4c(-c4ccccc4)c4cc(-c5ccc6c(-c7ccc8c(c7)C(C)(C)c7ccc9c(ccc%10oc%11ccccc%11c%109)c7-8)c7ccccc7c(-c7ccccc7)c6c5)ccc34)ccc2-c2c1ccc1cc3oc4ccccc4c3cc21. The van der Waals surface area contributed by atoms with Crippen LogP contribution in [0.2, 0.25) is 0 Å². The van der Waals surface area contributed by atoms with E-state index in [-0.39, 0.29) is 10.8 Å². The normalized spacial score (nSPS) is 13.8. The number of para-hydroxylation sites is 2. The maximum atomic E-state index is 6.41. The highest BCUT2D eigenvalue weighted by Gasteiger charge is 2.39. The Morgan fingerprint density at radius 2 is 0.609 bits per heavy atom. The van der Waals surface area contributed by atoms with Crippen molar-refractivity contribution in [3.63, 3.8) is 0 Å². The lowest BCUT2D eigenvalue weighted by molar-refractivity contribution is 0.661. The molecule has 20 rings (SSSR count). The average molecular weight is 1170 g/mol. The molecule has 430 valence electrons. The smallest absolute Gasteiger partial charge is 0.136 e. The number of hydrogen-bond acceptors (Lipinski definition) is 2. The van der Waals surface area contributed by atoms with E-state index >= 15 is 0 Å². The van der Waals surface area contributed by atoms with Gasteiger partial charge in [-0.2, -0.15) is 0 Å². The molecule has 2 heterocycles. The predicted molar refractivity (Wildman–Crippen MR) is 388 cm³/mol. The summed E-state index contributed by atoms with van der Waals surface area (Å²) in [6.45, 7) is 9.63. The van der Waals surface area contributed by atoms with E-state index in [4.69, 9.17) is 8.83 Å². The van der Waals surface area contributed by atoms with Crippen LogP contribution in [0.3, 0.4) is 0 Å². The van der Waals surface area contributed by atoms with Gasteiger partial charge in [-0.25, -0.2) is 0 Å². The van der Waals surface area contributed by atoms with Gasteiger partial charge in [-0.3, -0.25) is 0 Å². The number of fused-ring (bicyclic) bond motifs is 21. The summed E-state index contributed by atoms with van der Waals surface area (Å²) in [5, 5.41) is 19.5. The Bertz CT molecular complexity index is 6040. The molecule has 0 unspecified atom stereocenters. The quantitative estimate of drug-likeness (QED) is 0.161. The summed E-state index contributed by atoms with van der Waals surface area (Å²) < 4.78 is 12.8. The fourth-order valence-electron chi connectivity index (χ4n) is 17.1. The standard InChI is InChI=1S/C90H58O2/c1-89(2)74-42-35-55-49-81-71(58-23-15-17-29-78(58)92-81)50-70(55)87(74)68-39-34-57(48-77(68)89)85-62-27-14-12-25-60(62)83(52-21-9-6-10-22-52)73-46-54(32-37-66(73)85)53-31-36-65-72(45-53)82(51-19-7-5-8-20-51)59-24-11-13-26-61(59)84(65)56-33-38-67-76(47-56)90(3,4)75-43-40-64-63(86(67)75)41-44-80-88(64)69-28-16-18-30-79(69)91-80/h5-50H,1-4H3. The molecule has 2 aliphatic carbocycles. The van der Waals surface area contributed by atoms with Crippen molar-refractivity contribution in [2.75, 3.05) is 0 Å². The van der Waals surface area contributed by atoms with Crippen molar-refractivity contribution in [3.8, 4) is 77.9 Å². The van der Waals surface area contributed by atoms with E-state index < -0.39 is 0 Å². The van der Waals surface area contributed by atoms with E-state index in [2.05, 4.69) is 307 Å². The summed E-state index contributed by atoms with van der Waals surface area (Å²) in [5.41, 5.74) is 26.1. The molecule has 92 heavy (non-hydrogen) atoms. The third kappa shape index (κ3) is 7.04. The zero-order chi connectivity index (χ0) is 60.9. The van der Waals surface area contributed by atoms with Crippen LogP contribution in [-0.4, -0.2) is 0 Å². The second-order valence-corrected chi connectivity index (χ2v) is 26.9. The van der Waals surface area contributed by atoms with E-state index in [9.17, 15) is 0 Å². The van der Waals surface area contributed by atoms with Crippen molar-refractivity contribution in [3.05, 3.63) is 301 Å². The van der Waals surface area contributed by atoms with Gasteiger partial charge in [-0.05, 0) is 225 Å². The molecule has 0 radical (unpaired) electrons. The van der Waals surface area contributed by atoms with Gasteiger partial charge in [-0.1, -0.05) is 246 Å². The second kappa shape index (κ2) is 18.6. The monoisotopic (exact) mass is 1170 g/mol. The van der Waals surface area contributed by atoms with Crippen LogP contribution in [0.15, 0.2) is 288 Å². The summed E-state index contributed by atoms with van der Waals surface area (Å²) in [7, 11) is 0. The molecule has 0 bridgehead atoms. The second-order valence-electron chi connectivity index (χ2n) is 26.9. The summed E-state index contributed by atoms with van der Waals surface area (Å²) in [6, 6.07) is 105. The number of furan rings is 2. The average Bonchev–Trinajstić information content (AvgIpc) is 1.40. The molecule has 2 nitrogen and oxygen atoms in total. The van der Waals surface area contributed by atoms with E-state index in [1.807, 2.05) is 0 Å². The van der Waals surface area contributed by atoms with Crippen LogP contribution < -0.4 is 0 Å². The first kappa shape index (κ1) is 51.6. The summed E-state index contributed by atoms with van der Waals surface area (Å²) in [6.07, 6.45) is 0. The first-order valence-electron chi connectivity index (χ1n) is 32.3. The highest BCUT2D eigenvalue weighted by atomic mass is 16.3. The Balaban J connectivity index is 0.780. The van der Waals surface area contributed by atoms with Crippen molar-refractivity contribution in [2.24, 2.45) is 0 Å². The Morgan fingerprint density at radius 3 is 1.16 bits per heavy atom. The van der Waals surface area contributed by atoms with Gasteiger partial charge in [0.1, 0.15) is 22.3 Å². The predicted octanol–water partition coefficient (Wildman–Crippen LogP) is 25.4. The maximum absolute atomic E-state index is 6.41. The zero-order valence-corrected chi connectivity index (χ0v) is 51.4. The third-order valence-corrected chi connectivity index (χ3v) is 21.4. The summed E-state index contributed by atoms with van der Waals surface area (Å²) in [4.78, 5) is 0. The Labute approximate surface area is 531 Å². The topological polar surface area (TPSA) is 26.3 Å². The largest absolute Gasteiger partial charge is 0.456 e. The Kier molecular flexibility index (Phi) is 10.4. The highest BCUT2D eigenvalue weighted by molar-refractivity contribution is 6.26. The van der Waals surface area contributed by atoms with Crippen LogP contribution in [0.1, 0.15) is 49.9 Å². The Morgan fingerprint density at radius 1 is 0.207 bits per heavy atom. The molecular formula is C90H58O2. The molecule has 0 N–H and O–H groups in total. The minimum Gasteiger partial charge on any atom is -0.456 e. The van der Waals surface area contributed by atoms with Gasteiger partial charge in [0.2, 0.25) is 0 Å². The van der Waals surface area contributed by atoms with E-state index in [0.717, 1.165) is 38.5 Å². The van der Waals surface area contributed by atoms with Crippen LogP contribution in [0.4, 0.5) is 0 Å². The molecule has 18 aromatic rings. The summed E-state index contributed by atoms with van der Waals surface area (Å²) in [5.74, 6) is 0. The molecule has 2 aliphatic rings. The number of benzene rings is 16. The summed E-state index contributed by atoms with van der Waals surface area (Å²) >= 11 is 0. The molecule has 0 fully saturated rings. The van der Waals surface area contributed by atoms with E-state index in [1.54, 1.807) is 0 Å². The lowest BCUT2D eigenvalue weighted by Crippen LogP contribution is -2.15. The van der Waals surface area contributed by atoms with Gasteiger partial charge >= 0.3 is 0 Å². The van der Waals surface area contributed by atoms with Crippen LogP contribution in [-0.2, 0) is 10.8 Å². The molecule has 0 atom stereocenters. The van der Waals surface area contributed by atoms with E-state index in [1.165, 1.54) is 170 Å². The first-order valence-corrected chi connectivity index (χ1v) is 32.3. The molecule has 0 saturated carbocycles. The van der Waals surface area contributed by atoms with Crippen molar-refractivity contribution >= 4 is 109 Å².